The van der Waals surface area contributed by atoms with Crippen LogP contribution in [0, 0.1) is 5.92 Å². The Hall–Kier alpha value is -2.78. The number of carbonyl (C=O) groups excluding carboxylic acids is 2. The summed E-state index contributed by atoms with van der Waals surface area (Å²) in [5, 5.41) is 10.6. The van der Waals surface area contributed by atoms with Crippen LogP contribution in [0.4, 0.5) is 18.9 Å². The molecule has 1 saturated heterocycles. The van der Waals surface area contributed by atoms with Crippen molar-refractivity contribution in [1.82, 2.24) is 9.80 Å². The van der Waals surface area contributed by atoms with E-state index >= 15 is 0 Å². The molecule has 0 saturated carbocycles. The summed E-state index contributed by atoms with van der Waals surface area (Å²) in [7, 11) is 3.31. The first kappa shape index (κ1) is 26.8. The molecule has 2 aromatic rings. The van der Waals surface area contributed by atoms with Gasteiger partial charge in [-0.1, -0.05) is 43.6 Å². The number of carbonyl (C=O) groups is 2. The van der Waals surface area contributed by atoms with E-state index in [-0.39, 0.29) is 19.0 Å². The molecule has 1 aliphatic rings. The fourth-order valence-electron chi connectivity index (χ4n) is 4.08. The molecule has 2 aromatic carbocycles. The van der Waals surface area contributed by atoms with Gasteiger partial charge in [-0.15, -0.1) is 0 Å². The molecule has 10 heteroatoms. The highest BCUT2D eigenvalue weighted by atomic mass is 35.5. The van der Waals surface area contributed by atoms with Gasteiger partial charge in [0.2, 0.25) is 5.60 Å². The zero-order valence-corrected chi connectivity index (χ0v) is 20.8. The highest BCUT2D eigenvalue weighted by molar-refractivity contribution is 6.34. The van der Waals surface area contributed by atoms with Crippen molar-refractivity contribution < 1.29 is 27.9 Å². The molecule has 0 radical (unpaired) electrons. The number of nitrogens with zero attached hydrogens (tertiary/aromatic N) is 3. The highest BCUT2D eigenvalue weighted by Gasteiger charge is 2.62. The van der Waals surface area contributed by atoms with Gasteiger partial charge in [0.05, 0.1) is 10.6 Å². The number of alkyl halides is 3. The standard InChI is InChI=1S/C25H29ClF3N3O3/c1-16(2)24(35,25(27,28)29)23(34)32-13-11-31(12-14-32)19-8-5-17(6-9-19)18-7-10-20(21(26)15-18)22(33)30(3)4/h5-10,15-16,35H,11-14H2,1-4H3. The van der Waals surface area contributed by atoms with E-state index in [1.165, 1.54) is 18.7 Å². The fourth-order valence-corrected chi connectivity index (χ4v) is 4.34. The summed E-state index contributed by atoms with van der Waals surface area (Å²) in [5.41, 5.74) is -0.390. The Balaban J connectivity index is 1.69. The molecule has 0 spiro atoms. The second-order valence-corrected chi connectivity index (χ2v) is 9.55. The van der Waals surface area contributed by atoms with E-state index in [0.29, 0.717) is 23.7 Å². The van der Waals surface area contributed by atoms with Crippen molar-refractivity contribution >= 4 is 29.1 Å². The van der Waals surface area contributed by atoms with Gasteiger partial charge in [-0.3, -0.25) is 9.59 Å². The maximum absolute atomic E-state index is 13.5. The Labute approximate surface area is 207 Å². The highest BCUT2D eigenvalue weighted by Crippen LogP contribution is 2.38. The first-order valence-electron chi connectivity index (χ1n) is 11.2. The Kier molecular flexibility index (Phi) is 7.71. The topological polar surface area (TPSA) is 64.1 Å². The van der Waals surface area contributed by atoms with Crippen molar-refractivity contribution in [2.45, 2.75) is 25.6 Å². The third-order valence-corrected chi connectivity index (χ3v) is 6.64. The minimum Gasteiger partial charge on any atom is -0.372 e. The van der Waals surface area contributed by atoms with E-state index < -0.39 is 23.6 Å². The smallest absolute Gasteiger partial charge is 0.372 e. The first-order chi connectivity index (χ1) is 16.3. The number of hydrogen-bond acceptors (Lipinski definition) is 4. The van der Waals surface area contributed by atoms with Crippen molar-refractivity contribution in [1.29, 1.82) is 0 Å². The minimum absolute atomic E-state index is 0.0721. The second-order valence-electron chi connectivity index (χ2n) is 9.14. The van der Waals surface area contributed by atoms with Gasteiger partial charge in [-0.05, 0) is 35.4 Å². The van der Waals surface area contributed by atoms with E-state index in [4.69, 9.17) is 11.6 Å². The van der Waals surface area contributed by atoms with Crippen LogP contribution in [-0.2, 0) is 4.79 Å². The zero-order chi connectivity index (χ0) is 26.1. The molecule has 3 rings (SSSR count). The summed E-state index contributed by atoms with van der Waals surface area (Å²) in [6.45, 7) is 3.19. The maximum Gasteiger partial charge on any atom is 0.426 e. The molecule has 190 valence electrons. The Morgan fingerprint density at radius 3 is 1.97 bits per heavy atom. The summed E-state index contributed by atoms with van der Waals surface area (Å²) in [4.78, 5) is 29.3. The molecule has 1 fully saturated rings. The van der Waals surface area contributed by atoms with Gasteiger partial charge in [-0.25, -0.2) is 0 Å². The third kappa shape index (κ3) is 5.26. The number of aliphatic hydroxyl groups is 1. The molecule has 35 heavy (non-hydrogen) atoms. The predicted molar refractivity (Wildman–Crippen MR) is 130 cm³/mol. The molecular weight excluding hydrogens is 483 g/mol. The van der Waals surface area contributed by atoms with Crippen LogP contribution >= 0.6 is 11.6 Å². The lowest BCUT2D eigenvalue weighted by atomic mass is 9.87. The summed E-state index contributed by atoms with van der Waals surface area (Å²) in [6.07, 6.45) is -5.05. The molecule has 2 amide bonds. The summed E-state index contributed by atoms with van der Waals surface area (Å²) < 4.78 is 40.4. The van der Waals surface area contributed by atoms with E-state index in [1.54, 1.807) is 26.2 Å². The van der Waals surface area contributed by atoms with Crippen molar-refractivity contribution in [3.8, 4) is 11.1 Å². The van der Waals surface area contributed by atoms with Crippen molar-refractivity contribution in [3.05, 3.63) is 53.1 Å². The molecule has 1 heterocycles. The van der Waals surface area contributed by atoms with Crippen LogP contribution in [0.2, 0.25) is 5.02 Å². The molecule has 0 bridgehead atoms. The normalized spacial score (nSPS) is 16.3. The van der Waals surface area contributed by atoms with Gasteiger partial charge < -0.3 is 19.8 Å². The average Bonchev–Trinajstić information content (AvgIpc) is 2.81. The van der Waals surface area contributed by atoms with Crippen LogP contribution in [0.5, 0.6) is 0 Å². The number of rotatable bonds is 5. The number of amides is 2. The SMILES string of the molecule is CC(C)C(O)(C(=O)N1CCN(c2ccc(-c3ccc(C(=O)N(C)C)c(Cl)c3)cc2)CC1)C(F)(F)F. The van der Waals surface area contributed by atoms with Crippen LogP contribution in [-0.4, -0.2) is 78.8 Å². The molecule has 1 aliphatic heterocycles. The second kappa shape index (κ2) is 10.1. The van der Waals surface area contributed by atoms with Gasteiger partial charge in [0, 0.05) is 51.9 Å². The van der Waals surface area contributed by atoms with E-state index in [2.05, 4.69) is 0 Å². The first-order valence-corrected chi connectivity index (χ1v) is 11.6. The number of piperazine rings is 1. The summed E-state index contributed by atoms with van der Waals surface area (Å²) in [6, 6.07) is 12.8. The fraction of sp³-hybridized carbons (Fsp3) is 0.440. The molecule has 0 aliphatic carbocycles. The van der Waals surface area contributed by atoms with Gasteiger partial charge >= 0.3 is 6.18 Å². The average molecular weight is 512 g/mol. The van der Waals surface area contributed by atoms with Crippen molar-refractivity contribution in [3.63, 3.8) is 0 Å². The van der Waals surface area contributed by atoms with Crippen LogP contribution in [0.25, 0.3) is 11.1 Å². The summed E-state index contributed by atoms with van der Waals surface area (Å²) >= 11 is 6.31. The van der Waals surface area contributed by atoms with Gasteiger partial charge in [0.25, 0.3) is 11.8 Å². The van der Waals surface area contributed by atoms with Crippen LogP contribution in [0.15, 0.2) is 42.5 Å². The molecule has 1 atom stereocenters. The number of hydrogen-bond donors (Lipinski definition) is 1. The quantitative estimate of drug-likeness (QED) is 0.650. The molecular formula is C25H29ClF3N3O3. The zero-order valence-electron chi connectivity index (χ0n) is 20.1. The van der Waals surface area contributed by atoms with E-state index in [0.717, 1.165) is 21.7 Å². The third-order valence-electron chi connectivity index (χ3n) is 6.33. The molecule has 1 unspecified atom stereocenters. The van der Waals surface area contributed by atoms with Crippen LogP contribution < -0.4 is 4.90 Å². The number of benzene rings is 2. The van der Waals surface area contributed by atoms with E-state index in [1.807, 2.05) is 35.2 Å². The maximum atomic E-state index is 13.5. The van der Waals surface area contributed by atoms with Gasteiger partial charge in [0.1, 0.15) is 0 Å². The Morgan fingerprint density at radius 1 is 0.971 bits per heavy atom. The lowest BCUT2D eigenvalue weighted by Gasteiger charge is -2.41. The van der Waals surface area contributed by atoms with E-state index in [9.17, 15) is 27.9 Å². The number of anilines is 1. The number of halogens is 4. The van der Waals surface area contributed by atoms with Gasteiger partial charge in [-0.2, -0.15) is 13.2 Å². The molecule has 0 aromatic heterocycles. The molecule has 6 nitrogen and oxygen atoms in total. The van der Waals surface area contributed by atoms with Crippen LogP contribution in [0.3, 0.4) is 0 Å². The lowest BCUT2D eigenvalue weighted by molar-refractivity contribution is -0.269. The Bertz CT molecular complexity index is 1080. The monoisotopic (exact) mass is 511 g/mol. The Morgan fingerprint density at radius 2 is 1.51 bits per heavy atom. The van der Waals surface area contributed by atoms with Crippen molar-refractivity contribution in [2.24, 2.45) is 5.92 Å². The van der Waals surface area contributed by atoms with Crippen LogP contribution in [0.1, 0.15) is 24.2 Å². The predicted octanol–water partition coefficient (Wildman–Crippen LogP) is 4.31. The minimum atomic E-state index is -5.05. The lowest BCUT2D eigenvalue weighted by Crippen LogP contribution is -2.63. The van der Waals surface area contributed by atoms with Gasteiger partial charge in [0.15, 0.2) is 0 Å². The largest absolute Gasteiger partial charge is 0.426 e. The summed E-state index contributed by atoms with van der Waals surface area (Å²) in [5.74, 6) is -2.79. The van der Waals surface area contributed by atoms with Crippen molar-refractivity contribution in [2.75, 3.05) is 45.2 Å². The molecule has 1 N–H and O–H groups in total.